The van der Waals surface area contributed by atoms with Gasteiger partial charge in [0.05, 0.1) is 0 Å². The molecule has 2 aromatic rings. The second-order valence-electron chi connectivity index (χ2n) is 4.35. The molecule has 1 aromatic carbocycles. The summed E-state index contributed by atoms with van der Waals surface area (Å²) in [7, 11) is 0. The van der Waals surface area contributed by atoms with E-state index in [1.54, 1.807) is 0 Å². The molecule has 0 saturated heterocycles. The number of benzene rings is 1. The van der Waals surface area contributed by atoms with Gasteiger partial charge in [-0.2, -0.15) is 0 Å². The van der Waals surface area contributed by atoms with E-state index >= 15 is 0 Å². The van der Waals surface area contributed by atoms with Crippen LogP contribution in [0.15, 0.2) is 34.9 Å². The number of nitrogens with one attached hydrogen (secondary N) is 1. The minimum Gasteiger partial charge on any atom is -0.355 e. The Morgan fingerprint density at radius 1 is 1.39 bits per heavy atom. The summed E-state index contributed by atoms with van der Waals surface area (Å²) in [6.07, 6.45) is 4.09. The summed E-state index contributed by atoms with van der Waals surface area (Å²) < 4.78 is 3.03. The van der Waals surface area contributed by atoms with E-state index in [9.17, 15) is 4.79 Å². The van der Waals surface area contributed by atoms with Crippen LogP contribution < -0.4 is 5.32 Å². The lowest BCUT2D eigenvalue weighted by Crippen LogP contribution is -2.28. The highest BCUT2D eigenvalue weighted by Crippen LogP contribution is 2.20. The van der Waals surface area contributed by atoms with Crippen molar-refractivity contribution < 1.29 is 4.79 Å². The van der Waals surface area contributed by atoms with Gasteiger partial charge in [-0.3, -0.25) is 4.79 Å². The zero-order valence-electron chi connectivity index (χ0n) is 10.4. The summed E-state index contributed by atoms with van der Waals surface area (Å²) in [4.78, 5) is 11.8. The van der Waals surface area contributed by atoms with Gasteiger partial charge in [0.15, 0.2) is 0 Å². The second kappa shape index (κ2) is 6.05. The molecular formula is C14H17BrN2O. The number of rotatable bonds is 5. The second-order valence-corrected chi connectivity index (χ2v) is 5.27. The van der Waals surface area contributed by atoms with Crippen LogP contribution in [0.5, 0.6) is 0 Å². The number of unbranched alkanes of at least 4 members (excludes halogenated alkanes) is 1. The minimum atomic E-state index is 0.0730. The van der Waals surface area contributed by atoms with Gasteiger partial charge in [-0.25, -0.2) is 0 Å². The van der Waals surface area contributed by atoms with Crippen LogP contribution in [-0.2, 0) is 11.3 Å². The number of amides is 1. The lowest BCUT2D eigenvalue weighted by molar-refractivity contribution is -0.121. The maximum Gasteiger partial charge on any atom is 0.239 e. The molecule has 0 aliphatic carbocycles. The number of carbonyl (C=O) groups is 1. The average Bonchev–Trinajstić information content (AvgIpc) is 2.72. The van der Waals surface area contributed by atoms with Crippen molar-refractivity contribution in [3.8, 4) is 0 Å². The van der Waals surface area contributed by atoms with Crippen molar-refractivity contribution in [2.24, 2.45) is 0 Å². The number of nitrogens with zero attached hydrogens (tertiary/aromatic N) is 1. The van der Waals surface area contributed by atoms with E-state index in [2.05, 4.69) is 34.2 Å². The van der Waals surface area contributed by atoms with E-state index in [0.717, 1.165) is 34.8 Å². The normalized spacial score (nSPS) is 10.8. The molecule has 0 saturated carbocycles. The largest absolute Gasteiger partial charge is 0.355 e. The fourth-order valence-corrected chi connectivity index (χ4v) is 2.30. The van der Waals surface area contributed by atoms with Gasteiger partial charge in [-0.1, -0.05) is 29.3 Å². The van der Waals surface area contributed by atoms with Gasteiger partial charge in [0.25, 0.3) is 0 Å². The van der Waals surface area contributed by atoms with Crippen molar-refractivity contribution >= 4 is 32.7 Å². The van der Waals surface area contributed by atoms with Crippen LogP contribution in [0.2, 0.25) is 0 Å². The molecule has 3 nitrogen and oxygen atoms in total. The van der Waals surface area contributed by atoms with Crippen molar-refractivity contribution in [3.05, 3.63) is 34.9 Å². The number of carbonyl (C=O) groups excluding carboxylic acids is 1. The first-order chi connectivity index (χ1) is 8.70. The van der Waals surface area contributed by atoms with Crippen LogP contribution in [0.25, 0.3) is 10.9 Å². The Morgan fingerprint density at radius 3 is 3.00 bits per heavy atom. The number of fused-ring (bicyclic) bond motifs is 1. The number of aromatic nitrogens is 1. The third-order valence-corrected chi connectivity index (χ3v) is 3.39. The smallest absolute Gasteiger partial charge is 0.239 e. The van der Waals surface area contributed by atoms with Crippen molar-refractivity contribution in [3.63, 3.8) is 0 Å². The van der Waals surface area contributed by atoms with E-state index in [-0.39, 0.29) is 5.91 Å². The van der Waals surface area contributed by atoms with Gasteiger partial charge in [0, 0.05) is 28.1 Å². The lowest BCUT2D eigenvalue weighted by Gasteiger charge is -2.06. The molecule has 1 heterocycles. The first-order valence-electron chi connectivity index (χ1n) is 6.22. The van der Waals surface area contributed by atoms with Gasteiger partial charge >= 0.3 is 0 Å². The van der Waals surface area contributed by atoms with Crippen molar-refractivity contribution in [2.75, 3.05) is 6.54 Å². The predicted octanol–water partition coefficient (Wildman–Crippen LogP) is 3.32. The number of hydrogen-bond donors (Lipinski definition) is 1. The fraction of sp³-hybridized carbons (Fsp3) is 0.357. The summed E-state index contributed by atoms with van der Waals surface area (Å²) in [6, 6.07) is 8.10. The Hall–Kier alpha value is -1.29. The highest BCUT2D eigenvalue weighted by Gasteiger charge is 2.05. The third-order valence-electron chi connectivity index (χ3n) is 2.90. The monoisotopic (exact) mass is 308 g/mol. The molecule has 0 radical (unpaired) electrons. The molecule has 0 bridgehead atoms. The maximum atomic E-state index is 11.8. The van der Waals surface area contributed by atoms with Gasteiger partial charge < -0.3 is 9.88 Å². The van der Waals surface area contributed by atoms with Crippen LogP contribution in [0.4, 0.5) is 0 Å². The fourth-order valence-electron chi connectivity index (χ4n) is 1.92. The molecule has 0 aliphatic heterocycles. The zero-order valence-corrected chi connectivity index (χ0v) is 12.0. The first-order valence-corrected chi connectivity index (χ1v) is 7.01. The summed E-state index contributed by atoms with van der Waals surface area (Å²) in [6.45, 7) is 3.26. The van der Waals surface area contributed by atoms with E-state index in [0.29, 0.717) is 6.54 Å². The van der Waals surface area contributed by atoms with Crippen LogP contribution in [0.3, 0.4) is 0 Å². The van der Waals surface area contributed by atoms with E-state index in [1.807, 2.05) is 29.0 Å². The van der Waals surface area contributed by atoms with Crippen LogP contribution in [0.1, 0.15) is 19.8 Å². The molecule has 0 fully saturated rings. The molecular weight excluding hydrogens is 292 g/mol. The van der Waals surface area contributed by atoms with E-state index < -0.39 is 0 Å². The topological polar surface area (TPSA) is 34.0 Å². The summed E-state index contributed by atoms with van der Waals surface area (Å²) in [5, 5.41) is 4.07. The molecule has 4 heteroatoms. The van der Waals surface area contributed by atoms with Crippen molar-refractivity contribution in [1.82, 2.24) is 9.88 Å². The average molecular weight is 309 g/mol. The van der Waals surface area contributed by atoms with Gasteiger partial charge in [0.2, 0.25) is 5.91 Å². The first kappa shape index (κ1) is 13.1. The Kier molecular flexibility index (Phi) is 4.42. The Labute approximate surface area is 115 Å². The number of hydrogen-bond acceptors (Lipinski definition) is 1. The Bertz CT molecular complexity index is 548. The number of halogens is 1. The standard InChI is InChI=1S/C14H17BrN2O/c1-2-3-7-16-14(18)10-17-8-6-11-9-12(15)4-5-13(11)17/h4-6,8-9H,2-3,7,10H2,1H3,(H,16,18). The molecule has 18 heavy (non-hydrogen) atoms. The van der Waals surface area contributed by atoms with Crippen molar-refractivity contribution in [2.45, 2.75) is 26.3 Å². The molecule has 1 aromatic heterocycles. The molecule has 0 spiro atoms. The van der Waals surface area contributed by atoms with Crippen molar-refractivity contribution in [1.29, 1.82) is 0 Å². The lowest BCUT2D eigenvalue weighted by atomic mass is 10.2. The third kappa shape index (κ3) is 3.13. The van der Waals surface area contributed by atoms with E-state index in [1.165, 1.54) is 0 Å². The summed E-state index contributed by atoms with van der Waals surface area (Å²) in [5.41, 5.74) is 1.09. The summed E-state index contributed by atoms with van der Waals surface area (Å²) in [5.74, 6) is 0.0730. The minimum absolute atomic E-state index is 0.0730. The molecule has 1 N–H and O–H groups in total. The maximum absolute atomic E-state index is 11.8. The molecule has 2 rings (SSSR count). The van der Waals surface area contributed by atoms with Gasteiger partial charge in [0.1, 0.15) is 6.54 Å². The van der Waals surface area contributed by atoms with Crippen LogP contribution in [0, 0.1) is 0 Å². The predicted molar refractivity (Wildman–Crippen MR) is 77.6 cm³/mol. The van der Waals surface area contributed by atoms with Gasteiger partial charge in [-0.15, -0.1) is 0 Å². The Morgan fingerprint density at radius 2 is 2.22 bits per heavy atom. The molecule has 0 aliphatic rings. The Balaban J connectivity index is 2.05. The highest BCUT2D eigenvalue weighted by molar-refractivity contribution is 9.10. The summed E-state index contributed by atoms with van der Waals surface area (Å²) >= 11 is 3.45. The highest BCUT2D eigenvalue weighted by atomic mass is 79.9. The van der Waals surface area contributed by atoms with Gasteiger partial charge in [-0.05, 0) is 30.7 Å². The molecule has 0 unspecified atom stereocenters. The SMILES string of the molecule is CCCCNC(=O)Cn1ccc2cc(Br)ccc21. The molecule has 1 amide bonds. The zero-order chi connectivity index (χ0) is 13.0. The van der Waals surface area contributed by atoms with Crippen LogP contribution >= 0.6 is 15.9 Å². The van der Waals surface area contributed by atoms with Crippen LogP contribution in [-0.4, -0.2) is 17.0 Å². The molecule has 96 valence electrons. The molecule has 0 atom stereocenters. The quantitative estimate of drug-likeness (QED) is 0.845. The van der Waals surface area contributed by atoms with E-state index in [4.69, 9.17) is 0 Å².